The molecule has 1 aliphatic rings. The van der Waals surface area contributed by atoms with Crippen molar-refractivity contribution in [1.29, 1.82) is 0 Å². The Morgan fingerprint density at radius 2 is 2.39 bits per heavy atom. The number of anilines is 1. The number of likely N-dealkylation sites (tertiary alicyclic amines) is 1. The molecule has 1 heterocycles. The number of hydrogen-bond donors (Lipinski definition) is 2. The molecule has 0 unspecified atom stereocenters. The molecule has 2 amide bonds. The summed E-state index contributed by atoms with van der Waals surface area (Å²) in [4.78, 5) is 13.6. The van der Waals surface area contributed by atoms with Crippen molar-refractivity contribution in [2.45, 2.75) is 25.8 Å². The first-order chi connectivity index (χ1) is 8.61. The van der Waals surface area contributed by atoms with Gasteiger partial charge in [0, 0.05) is 12.2 Å². The van der Waals surface area contributed by atoms with Crippen LogP contribution in [-0.2, 0) is 0 Å². The first kappa shape index (κ1) is 12.8. The normalized spacial score (nSPS) is 19.1. The largest absolute Gasteiger partial charge is 0.394 e. The highest BCUT2D eigenvalue weighted by Gasteiger charge is 2.28. The number of hydrogen-bond acceptors (Lipinski definition) is 2. The molecule has 0 aliphatic carbocycles. The van der Waals surface area contributed by atoms with E-state index in [0.717, 1.165) is 18.4 Å². The lowest BCUT2D eigenvalue weighted by Gasteiger charge is -2.23. The number of amides is 2. The van der Waals surface area contributed by atoms with E-state index in [-0.39, 0.29) is 24.5 Å². The minimum Gasteiger partial charge on any atom is -0.394 e. The van der Waals surface area contributed by atoms with Crippen LogP contribution >= 0.6 is 0 Å². The summed E-state index contributed by atoms with van der Waals surface area (Å²) < 4.78 is 13.1. The molecule has 0 saturated carbocycles. The molecule has 1 atom stereocenters. The third kappa shape index (κ3) is 2.61. The number of aryl methyl sites for hydroxylation is 1. The number of urea groups is 1. The van der Waals surface area contributed by atoms with Gasteiger partial charge in [-0.1, -0.05) is 6.07 Å². The summed E-state index contributed by atoms with van der Waals surface area (Å²) in [6.07, 6.45) is 1.70. The van der Waals surface area contributed by atoms with Crippen LogP contribution in [-0.4, -0.2) is 35.2 Å². The second kappa shape index (κ2) is 5.35. The summed E-state index contributed by atoms with van der Waals surface area (Å²) >= 11 is 0. The molecular weight excluding hydrogens is 235 g/mol. The topological polar surface area (TPSA) is 52.6 Å². The van der Waals surface area contributed by atoms with Crippen LogP contribution in [0.3, 0.4) is 0 Å². The summed E-state index contributed by atoms with van der Waals surface area (Å²) in [6.45, 7) is 2.41. The number of nitrogens with zero attached hydrogens (tertiary/aromatic N) is 1. The Bertz CT molecular complexity index is 451. The zero-order valence-corrected chi connectivity index (χ0v) is 10.3. The molecule has 0 aromatic heterocycles. The van der Waals surface area contributed by atoms with Crippen LogP contribution < -0.4 is 5.32 Å². The number of carbonyl (C=O) groups is 1. The molecule has 0 spiro atoms. The Morgan fingerprint density at radius 3 is 3.11 bits per heavy atom. The molecule has 18 heavy (non-hydrogen) atoms. The van der Waals surface area contributed by atoms with Crippen molar-refractivity contribution in [2.75, 3.05) is 18.5 Å². The van der Waals surface area contributed by atoms with Crippen molar-refractivity contribution in [2.24, 2.45) is 0 Å². The Labute approximate surface area is 105 Å². The molecule has 1 fully saturated rings. The van der Waals surface area contributed by atoms with Gasteiger partial charge < -0.3 is 15.3 Å². The van der Waals surface area contributed by atoms with Crippen molar-refractivity contribution in [3.63, 3.8) is 0 Å². The Kier molecular flexibility index (Phi) is 3.81. The van der Waals surface area contributed by atoms with E-state index in [9.17, 15) is 9.18 Å². The summed E-state index contributed by atoms with van der Waals surface area (Å²) in [6, 6.07) is 3.88. The lowest BCUT2D eigenvalue weighted by molar-refractivity contribution is 0.166. The number of aliphatic hydroxyl groups excluding tert-OH is 1. The lowest BCUT2D eigenvalue weighted by Crippen LogP contribution is -2.40. The van der Waals surface area contributed by atoms with Crippen molar-refractivity contribution < 1.29 is 14.3 Å². The molecule has 5 heteroatoms. The van der Waals surface area contributed by atoms with Gasteiger partial charge in [-0.15, -0.1) is 0 Å². The molecule has 1 aliphatic heterocycles. The first-order valence-electron chi connectivity index (χ1n) is 6.06. The number of aliphatic hydroxyl groups is 1. The fourth-order valence-electron chi connectivity index (χ4n) is 2.21. The van der Waals surface area contributed by atoms with Gasteiger partial charge in [0.1, 0.15) is 5.82 Å². The van der Waals surface area contributed by atoms with Crippen LogP contribution in [0.1, 0.15) is 18.4 Å². The van der Waals surface area contributed by atoms with E-state index in [4.69, 9.17) is 5.11 Å². The number of rotatable bonds is 2. The van der Waals surface area contributed by atoms with Gasteiger partial charge in [-0.25, -0.2) is 9.18 Å². The quantitative estimate of drug-likeness (QED) is 0.847. The second-order valence-electron chi connectivity index (χ2n) is 4.56. The predicted octanol–water partition coefficient (Wildman–Crippen LogP) is 2.12. The molecule has 0 bridgehead atoms. The first-order valence-corrected chi connectivity index (χ1v) is 6.06. The van der Waals surface area contributed by atoms with Gasteiger partial charge in [0.15, 0.2) is 0 Å². The Morgan fingerprint density at radius 1 is 1.61 bits per heavy atom. The average molecular weight is 252 g/mol. The summed E-state index contributed by atoms with van der Waals surface area (Å²) in [5, 5.41) is 11.9. The summed E-state index contributed by atoms with van der Waals surface area (Å²) in [5.74, 6) is -0.379. The van der Waals surface area contributed by atoms with E-state index in [2.05, 4.69) is 5.32 Å². The van der Waals surface area contributed by atoms with Crippen LogP contribution in [0.5, 0.6) is 0 Å². The van der Waals surface area contributed by atoms with Crippen LogP contribution in [0.2, 0.25) is 0 Å². The number of benzene rings is 1. The molecule has 1 aromatic rings. The van der Waals surface area contributed by atoms with E-state index in [1.165, 1.54) is 12.1 Å². The van der Waals surface area contributed by atoms with Gasteiger partial charge in [-0.2, -0.15) is 0 Å². The Balaban J connectivity index is 2.09. The SMILES string of the molecule is Cc1ccc(F)cc1NC(=O)N1CCC[C@@H]1CO. The van der Waals surface area contributed by atoms with Crippen molar-refractivity contribution in [3.05, 3.63) is 29.6 Å². The zero-order chi connectivity index (χ0) is 13.1. The highest BCUT2D eigenvalue weighted by atomic mass is 19.1. The molecular formula is C13H17FN2O2. The number of nitrogens with one attached hydrogen (secondary N) is 1. The predicted molar refractivity (Wildman–Crippen MR) is 67.0 cm³/mol. The minimum absolute atomic E-state index is 0.0322. The van der Waals surface area contributed by atoms with Gasteiger partial charge in [-0.05, 0) is 37.5 Å². The summed E-state index contributed by atoms with van der Waals surface area (Å²) in [5.41, 5.74) is 1.29. The third-order valence-electron chi connectivity index (χ3n) is 3.29. The smallest absolute Gasteiger partial charge is 0.322 e. The lowest BCUT2D eigenvalue weighted by atomic mass is 10.2. The van der Waals surface area contributed by atoms with Crippen molar-refractivity contribution in [3.8, 4) is 0 Å². The molecule has 1 saturated heterocycles. The number of halogens is 1. The third-order valence-corrected chi connectivity index (χ3v) is 3.29. The van der Waals surface area contributed by atoms with Crippen molar-refractivity contribution >= 4 is 11.7 Å². The van der Waals surface area contributed by atoms with E-state index < -0.39 is 0 Å². The van der Waals surface area contributed by atoms with Gasteiger partial charge in [0.2, 0.25) is 0 Å². The fourth-order valence-corrected chi connectivity index (χ4v) is 2.21. The molecule has 0 radical (unpaired) electrons. The van der Waals surface area contributed by atoms with Crippen LogP contribution in [0, 0.1) is 12.7 Å². The highest BCUT2D eigenvalue weighted by molar-refractivity contribution is 5.90. The van der Waals surface area contributed by atoms with Gasteiger partial charge in [0.05, 0.1) is 12.6 Å². The molecule has 98 valence electrons. The second-order valence-corrected chi connectivity index (χ2v) is 4.56. The standard InChI is InChI=1S/C13H17FN2O2/c1-9-4-5-10(14)7-12(9)15-13(18)16-6-2-3-11(16)8-17/h4-5,7,11,17H,2-3,6,8H2,1H3,(H,15,18)/t11-/m1/s1. The number of carbonyl (C=O) groups excluding carboxylic acids is 1. The molecule has 2 N–H and O–H groups in total. The van der Waals surface area contributed by atoms with E-state index >= 15 is 0 Å². The van der Waals surface area contributed by atoms with Gasteiger partial charge in [-0.3, -0.25) is 0 Å². The van der Waals surface area contributed by atoms with E-state index in [0.29, 0.717) is 12.2 Å². The van der Waals surface area contributed by atoms with E-state index in [1.807, 2.05) is 6.92 Å². The van der Waals surface area contributed by atoms with Crippen LogP contribution in [0.25, 0.3) is 0 Å². The Hall–Kier alpha value is -1.62. The maximum Gasteiger partial charge on any atom is 0.322 e. The van der Waals surface area contributed by atoms with Gasteiger partial charge in [0.25, 0.3) is 0 Å². The monoisotopic (exact) mass is 252 g/mol. The van der Waals surface area contributed by atoms with Crippen molar-refractivity contribution in [1.82, 2.24) is 4.90 Å². The summed E-state index contributed by atoms with van der Waals surface area (Å²) in [7, 11) is 0. The van der Waals surface area contributed by atoms with Gasteiger partial charge >= 0.3 is 6.03 Å². The maximum absolute atomic E-state index is 13.1. The van der Waals surface area contributed by atoms with Crippen LogP contribution in [0.15, 0.2) is 18.2 Å². The average Bonchev–Trinajstić information content (AvgIpc) is 2.82. The molecule has 1 aromatic carbocycles. The maximum atomic E-state index is 13.1. The fraction of sp³-hybridized carbons (Fsp3) is 0.462. The minimum atomic E-state index is -0.379. The van der Waals surface area contributed by atoms with Crippen LogP contribution in [0.4, 0.5) is 14.9 Å². The zero-order valence-electron chi connectivity index (χ0n) is 10.3. The highest BCUT2D eigenvalue weighted by Crippen LogP contribution is 2.20. The van der Waals surface area contributed by atoms with E-state index in [1.54, 1.807) is 11.0 Å². The molecule has 4 nitrogen and oxygen atoms in total. The molecule has 2 rings (SSSR count).